The molecule has 132 valence electrons. The molecular formula is C20H18N2O3S. The predicted molar refractivity (Wildman–Crippen MR) is 103 cm³/mol. The van der Waals surface area contributed by atoms with Crippen LogP contribution in [0.25, 0.3) is 11.8 Å². The van der Waals surface area contributed by atoms with Gasteiger partial charge in [0.2, 0.25) is 0 Å². The van der Waals surface area contributed by atoms with Crippen LogP contribution in [0.4, 0.5) is 4.79 Å². The highest BCUT2D eigenvalue weighted by Gasteiger charge is 2.34. The predicted octanol–water partition coefficient (Wildman–Crippen LogP) is 3.77. The highest BCUT2D eigenvalue weighted by atomic mass is 32.2. The van der Waals surface area contributed by atoms with Crippen LogP contribution in [-0.2, 0) is 4.79 Å². The molecular weight excluding hydrogens is 348 g/mol. The summed E-state index contributed by atoms with van der Waals surface area (Å²) in [7, 11) is 1.63. The van der Waals surface area contributed by atoms with Gasteiger partial charge in [0.05, 0.1) is 18.6 Å². The summed E-state index contributed by atoms with van der Waals surface area (Å²) in [6.45, 7) is 3.96. The standard InChI is InChI=1S/C20H18N2O3S/c1-5-9-21-19(23)18(26-20(21)24)11-15-10-13(2)22(14(15)3)16-7-6-8-17(12-16)25-4/h1,6-8,10-12H,9H2,2-4H3. The van der Waals surface area contributed by atoms with Gasteiger partial charge >= 0.3 is 0 Å². The first-order valence-electron chi connectivity index (χ1n) is 7.98. The zero-order chi connectivity index (χ0) is 18.8. The van der Waals surface area contributed by atoms with Crippen molar-refractivity contribution in [3.05, 3.63) is 52.2 Å². The Hall–Kier alpha value is -2.91. The number of terminal acetylenes is 1. The van der Waals surface area contributed by atoms with E-state index in [2.05, 4.69) is 10.5 Å². The van der Waals surface area contributed by atoms with Gasteiger partial charge in [-0.25, -0.2) is 0 Å². The quantitative estimate of drug-likeness (QED) is 0.610. The van der Waals surface area contributed by atoms with Crippen LogP contribution in [0.1, 0.15) is 17.0 Å². The van der Waals surface area contributed by atoms with E-state index in [0.717, 1.165) is 45.1 Å². The Morgan fingerprint density at radius 2 is 2.04 bits per heavy atom. The second-order valence-corrected chi connectivity index (χ2v) is 6.83. The molecule has 0 aliphatic carbocycles. The summed E-state index contributed by atoms with van der Waals surface area (Å²) in [6.07, 6.45) is 6.98. The van der Waals surface area contributed by atoms with E-state index >= 15 is 0 Å². The molecule has 0 spiro atoms. The molecule has 1 fully saturated rings. The third kappa shape index (κ3) is 3.14. The molecule has 0 atom stereocenters. The van der Waals surface area contributed by atoms with Gasteiger partial charge in [0.15, 0.2) is 0 Å². The molecule has 1 aromatic heterocycles. The van der Waals surface area contributed by atoms with Crippen LogP contribution < -0.4 is 4.74 Å². The summed E-state index contributed by atoms with van der Waals surface area (Å²) in [5.41, 5.74) is 3.85. The summed E-state index contributed by atoms with van der Waals surface area (Å²) in [6, 6.07) is 9.75. The van der Waals surface area contributed by atoms with Crippen LogP contribution in [0.5, 0.6) is 5.75 Å². The van der Waals surface area contributed by atoms with Crippen LogP contribution >= 0.6 is 11.8 Å². The number of aryl methyl sites for hydroxylation is 1. The minimum Gasteiger partial charge on any atom is -0.497 e. The molecule has 0 unspecified atom stereocenters. The summed E-state index contributed by atoms with van der Waals surface area (Å²) in [5.74, 6) is 2.77. The molecule has 0 N–H and O–H groups in total. The number of carbonyl (C=O) groups is 2. The first-order valence-corrected chi connectivity index (χ1v) is 8.80. The van der Waals surface area contributed by atoms with Crippen molar-refractivity contribution in [3.8, 4) is 23.8 Å². The van der Waals surface area contributed by atoms with Crippen molar-refractivity contribution in [2.75, 3.05) is 13.7 Å². The minimum atomic E-state index is -0.343. The van der Waals surface area contributed by atoms with Crippen molar-refractivity contribution in [3.63, 3.8) is 0 Å². The summed E-state index contributed by atoms with van der Waals surface area (Å²) in [4.78, 5) is 25.8. The number of hydrogen-bond acceptors (Lipinski definition) is 4. The lowest BCUT2D eigenvalue weighted by atomic mass is 10.2. The summed E-state index contributed by atoms with van der Waals surface area (Å²) in [5, 5.41) is -0.333. The van der Waals surface area contributed by atoms with Gasteiger partial charge in [0.25, 0.3) is 11.1 Å². The molecule has 0 saturated carbocycles. The molecule has 1 aromatic carbocycles. The maximum absolute atomic E-state index is 12.4. The highest BCUT2D eigenvalue weighted by molar-refractivity contribution is 8.18. The number of amides is 2. The van der Waals surface area contributed by atoms with E-state index in [9.17, 15) is 9.59 Å². The molecule has 1 aliphatic heterocycles. The lowest BCUT2D eigenvalue weighted by molar-refractivity contribution is -0.122. The Kier molecular flexibility index (Phi) is 4.92. The molecule has 1 saturated heterocycles. The maximum Gasteiger partial charge on any atom is 0.294 e. The molecule has 2 heterocycles. The Morgan fingerprint density at radius 3 is 2.73 bits per heavy atom. The zero-order valence-electron chi connectivity index (χ0n) is 14.8. The molecule has 6 heteroatoms. The van der Waals surface area contributed by atoms with E-state index in [0.29, 0.717) is 4.91 Å². The molecule has 0 radical (unpaired) electrons. The van der Waals surface area contributed by atoms with E-state index in [1.54, 1.807) is 13.2 Å². The number of nitrogens with zero attached hydrogens (tertiary/aromatic N) is 2. The Bertz CT molecular complexity index is 966. The van der Waals surface area contributed by atoms with Crippen molar-refractivity contribution in [2.45, 2.75) is 13.8 Å². The second kappa shape index (κ2) is 7.14. The number of thioether (sulfide) groups is 1. The van der Waals surface area contributed by atoms with E-state index in [1.807, 2.05) is 44.2 Å². The molecule has 2 aromatic rings. The van der Waals surface area contributed by atoms with Crippen molar-refractivity contribution < 1.29 is 14.3 Å². The average molecular weight is 366 g/mol. The lowest BCUT2D eigenvalue weighted by Crippen LogP contribution is -2.28. The summed E-state index contributed by atoms with van der Waals surface area (Å²) >= 11 is 0.916. The molecule has 3 rings (SSSR count). The normalized spacial score (nSPS) is 15.6. The van der Waals surface area contributed by atoms with Gasteiger partial charge in [-0.2, -0.15) is 0 Å². The van der Waals surface area contributed by atoms with Crippen LogP contribution in [0.3, 0.4) is 0 Å². The van der Waals surface area contributed by atoms with Crippen LogP contribution in [0.2, 0.25) is 0 Å². The van der Waals surface area contributed by atoms with Crippen LogP contribution in [-0.4, -0.2) is 34.3 Å². The van der Waals surface area contributed by atoms with Crippen molar-refractivity contribution in [2.24, 2.45) is 0 Å². The van der Waals surface area contributed by atoms with Gasteiger partial charge in [-0.1, -0.05) is 12.0 Å². The number of hydrogen-bond donors (Lipinski definition) is 0. The number of benzene rings is 1. The van der Waals surface area contributed by atoms with E-state index in [4.69, 9.17) is 11.2 Å². The molecule has 26 heavy (non-hydrogen) atoms. The van der Waals surface area contributed by atoms with Gasteiger partial charge in [-0.15, -0.1) is 6.42 Å². The van der Waals surface area contributed by atoms with Gasteiger partial charge in [-0.3, -0.25) is 14.5 Å². The molecule has 1 aliphatic rings. The third-order valence-corrected chi connectivity index (χ3v) is 5.10. The second-order valence-electron chi connectivity index (χ2n) is 5.84. The lowest BCUT2D eigenvalue weighted by Gasteiger charge is -2.11. The van der Waals surface area contributed by atoms with Gasteiger partial charge in [0.1, 0.15) is 5.75 Å². The van der Waals surface area contributed by atoms with E-state index in [-0.39, 0.29) is 17.7 Å². The number of methoxy groups -OCH3 is 1. The van der Waals surface area contributed by atoms with Gasteiger partial charge in [0, 0.05) is 23.1 Å². The first kappa shape index (κ1) is 17.9. The van der Waals surface area contributed by atoms with Crippen molar-refractivity contribution >= 4 is 29.0 Å². The maximum atomic E-state index is 12.4. The molecule has 2 amide bonds. The average Bonchev–Trinajstić information content (AvgIpc) is 3.05. The largest absolute Gasteiger partial charge is 0.497 e. The Balaban J connectivity index is 2.00. The van der Waals surface area contributed by atoms with E-state index < -0.39 is 0 Å². The number of ether oxygens (including phenoxy) is 1. The topological polar surface area (TPSA) is 51.5 Å². The van der Waals surface area contributed by atoms with Crippen LogP contribution in [0.15, 0.2) is 35.2 Å². The number of imide groups is 1. The Labute approximate surface area is 156 Å². The van der Waals surface area contributed by atoms with Gasteiger partial charge < -0.3 is 9.30 Å². The van der Waals surface area contributed by atoms with E-state index in [1.165, 1.54) is 0 Å². The van der Waals surface area contributed by atoms with Crippen molar-refractivity contribution in [1.82, 2.24) is 9.47 Å². The number of rotatable bonds is 4. The van der Waals surface area contributed by atoms with Crippen molar-refractivity contribution in [1.29, 1.82) is 0 Å². The highest BCUT2D eigenvalue weighted by Crippen LogP contribution is 2.33. The number of carbonyl (C=O) groups excluding carboxylic acids is 2. The molecule has 0 bridgehead atoms. The monoisotopic (exact) mass is 366 g/mol. The fourth-order valence-corrected chi connectivity index (χ4v) is 3.78. The SMILES string of the molecule is C#CCN1C(=O)SC(=Cc2cc(C)n(-c3cccc(OC)c3)c2C)C1=O. The third-order valence-electron chi connectivity index (χ3n) is 4.19. The fraction of sp³-hybridized carbons (Fsp3) is 0.200. The first-order chi connectivity index (χ1) is 12.5. The van der Waals surface area contributed by atoms with Gasteiger partial charge in [-0.05, 0) is 55.4 Å². The van der Waals surface area contributed by atoms with Crippen LogP contribution in [0, 0.1) is 26.2 Å². The molecule has 5 nitrogen and oxygen atoms in total. The summed E-state index contributed by atoms with van der Waals surface area (Å²) < 4.78 is 7.38. The number of aromatic nitrogens is 1. The minimum absolute atomic E-state index is 0.00909. The Morgan fingerprint density at radius 1 is 1.27 bits per heavy atom. The fourth-order valence-electron chi connectivity index (χ4n) is 2.95. The zero-order valence-corrected chi connectivity index (χ0v) is 15.6. The smallest absolute Gasteiger partial charge is 0.294 e.